The Bertz CT molecular complexity index is 431. The molecule has 2 rings (SSSR count). The van der Waals surface area contributed by atoms with E-state index in [1.165, 1.54) is 19.7 Å². The first-order valence-corrected chi connectivity index (χ1v) is 6.08. The molecule has 0 amide bonds. The second-order valence-corrected chi connectivity index (χ2v) is 4.32. The monoisotopic (exact) mass is 251 g/mol. The quantitative estimate of drug-likeness (QED) is 0.820. The number of rotatable bonds is 3. The molecule has 18 heavy (non-hydrogen) atoms. The Morgan fingerprint density at radius 3 is 2.78 bits per heavy atom. The van der Waals surface area contributed by atoms with Crippen molar-refractivity contribution in [2.45, 2.75) is 38.2 Å². The van der Waals surface area contributed by atoms with Crippen LogP contribution in [-0.4, -0.2) is 29.2 Å². The average molecular weight is 251 g/mol. The van der Waals surface area contributed by atoms with Gasteiger partial charge in [0.2, 0.25) is 0 Å². The van der Waals surface area contributed by atoms with Gasteiger partial charge in [-0.15, -0.1) is 0 Å². The number of ether oxygens (including phenoxy) is 2. The molecular weight excluding hydrogens is 234 g/mol. The van der Waals surface area contributed by atoms with E-state index in [4.69, 9.17) is 10.5 Å². The zero-order valence-electron chi connectivity index (χ0n) is 10.4. The second-order valence-electron chi connectivity index (χ2n) is 4.32. The molecule has 1 saturated carbocycles. The summed E-state index contributed by atoms with van der Waals surface area (Å²) < 4.78 is 10.3. The van der Waals surface area contributed by atoms with Gasteiger partial charge in [0.15, 0.2) is 11.5 Å². The molecule has 1 aliphatic rings. The first-order valence-electron chi connectivity index (χ1n) is 6.08. The highest BCUT2D eigenvalue weighted by atomic mass is 16.5. The molecule has 0 bridgehead atoms. The Balaban J connectivity index is 2.12. The van der Waals surface area contributed by atoms with Gasteiger partial charge in [0, 0.05) is 0 Å². The van der Waals surface area contributed by atoms with Crippen LogP contribution in [0, 0.1) is 0 Å². The van der Waals surface area contributed by atoms with Crippen molar-refractivity contribution in [1.29, 1.82) is 0 Å². The molecule has 6 heteroatoms. The van der Waals surface area contributed by atoms with Gasteiger partial charge in [-0.25, -0.2) is 14.8 Å². The first kappa shape index (κ1) is 12.6. The van der Waals surface area contributed by atoms with E-state index in [9.17, 15) is 4.79 Å². The average Bonchev–Trinajstić information content (AvgIpc) is 2.41. The molecule has 0 saturated heterocycles. The molecule has 1 heterocycles. The largest absolute Gasteiger partial charge is 0.472 e. The van der Waals surface area contributed by atoms with Crippen molar-refractivity contribution in [1.82, 2.24) is 9.97 Å². The fourth-order valence-corrected chi connectivity index (χ4v) is 2.01. The Morgan fingerprint density at radius 2 is 2.11 bits per heavy atom. The van der Waals surface area contributed by atoms with E-state index in [0.717, 1.165) is 25.7 Å². The minimum atomic E-state index is -0.545. The van der Waals surface area contributed by atoms with Crippen LogP contribution in [0.1, 0.15) is 42.6 Å². The number of nitrogen functional groups attached to an aromatic ring is 1. The van der Waals surface area contributed by atoms with E-state index in [1.807, 2.05) is 0 Å². The molecule has 1 aromatic heterocycles. The van der Waals surface area contributed by atoms with Crippen molar-refractivity contribution in [2.75, 3.05) is 12.8 Å². The second kappa shape index (κ2) is 5.66. The molecule has 0 atom stereocenters. The SMILES string of the molecule is COC(=O)c1cnc(N)c(OC2CCCCC2)n1. The highest BCUT2D eigenvalue weighted by molar-refractivity contribution is 5.87. The van der Waals surface area contributed by atoms with Crippen molar-refractivity contribution in [3.8, 4) is 5.88 Å². The smallest absolute Gasteiger partial charge is 0.358 e. The summed E-state index contributed by atoms with van der Waals surface area (Å²) in [6.07, 6.45) is 6.91. The summed E-state index contributed by atoms with van der Waals surface area (Å²) in [6.45, 7) is 0. The van der Waals surface area contributed by atoms with Gasteiger partial charge in [-0.1, -0.05) is 6.42 Å². The van der Waals surface area contributed by atoms with Crippen LogP contribution in [-0.2, 0) is 4.74 Å². The summed E-state index contributed by atoms with van der Waals surface area (Å²) >= 11 is 0. The van der Waals surface area contributed by atoms with E-state index in [-0.39, 0.29) is 23.5 Å². The van der Waals surface area contributed by atoms with Crippen LogP contribution in [0.25, 0.3) is 0 Å². The van der Waals surface area contributed by atoms with Gasteiger partial charge in [-0.3, -0.25) is 0 Å². The molecule has 98 valence electrons. The molecule has 1 fully saturated rings. The van der Waals surface area contributed by atoms with Gasteiger partial charge >= 0.3 is 5.97 Å². The van der Waals surface area contributed by atoms with Crippen LogP contribution in [0.2, 0.25) is 0 Å². The molecule has 0 radical (unpaired) electrons. The number of nitrogens with two attached hydrogens (primary N) is 1. The Labute approximate surface area is 106 Å². The number of aromatic nitrogens is 2. The van der Waals surface area contributed by atoms with Crippen molar-refractivity contribution < 1.29 is 14.3 Å². The van der Waals surface area contributed by atoms with Crippen LogP contribution in [0.4, 0.5) is 5.82 Å². The maximum Gasteiger partial charge on any atom is 0.358 e. The highest BCUT2D eigenvalue weighted by Gasteiger charge is 2.19. The molecule has 0 aromatic carbocycles. The molecular formula is C12H17N3O3. The third kappa shape index (κ3) is 2.88. The van der Waals surface area contributed by atoms with E-state index in [0.29, 0.717) is 0 Å². The van der Waals surface area contributed by atoms with E-state index < -0.39 is 5.97 Å². The maximum atomic E-state index is 11.3. The summed E-state index contributed by atoms with van der Waals surface area (Å²) in [6, 6.07) is 0. The minimum Gasteiger partial charge on any atom is -0.472 e. The number of hydrogen-bond donors (Lipinski definition) is 1. The van der Waals surface area contributed by atoms with Crippen molar-refractivity contribution in [3.63, 3.8) is 0 Å². The number of carbonyl (C=O) groups excluding carboxylic acids is 1. The molecule has 2 N–H and O–H groups in total. The topological polar surface area (TPSA) is 87.3 Å². The minimum absolute atomic E-state index is 0.109. The maximum absolute atomic E-state index is 11.3. The van der Waals surface area contributed by atoms with E-state index in [2.05, 4.69) is 14.7 Å². The van der Waals surface area contributed by atoms with Crippen molar-refractivity contribution in [2.24, 2.45) is 0 Å². The number of hydrogen-bond acceptors (Lipinski definition) is 6. The van der Waals surface area contributed by atoms with Gasteiger partial charge in [0.25, 0.3) is 5.88 Å². The Kier molecular flexibility index (Phi) is 3.96. The highest BCUT2D eigenvalue weighted by Crippen LogP contribution is 2.24. The number of esters is 1. The number of carbonyl (C=O) groups is 1. The molecule has 0 spiro atoms. The fourth-order valence-electron chi connectivity index (χ4n) is 2.01. The third-order valence-electron chi connectivity index (χ3n) is 2.99. The van der Waals surface area contributed by atoms with E-state index in [1.54, 1.807) is 0 Å². The Morgan fingerprint density at radius 1 is 1.39 bits per heavy atom. The molecule has 6 nitrogen and oxygen atoms in total. The van der Waals surface area contributed by atoms with Crippen LogP contribution < -0.4 is 10.5 Å². The first-order chi connectivity index (χ1) is 8.70. The lowest BCUT2D eigenvalue weighted by atomic mass is 9.98. The van der Waals surface area contributed by atoms with Gasteiger partial charge in [0.1, 0.15) is 6.10 Å². The van der Waals surface area contributed by atoms with Gasteiger partial charge in [-0.05, 0) is 25.7 Å². The third-order valence-corrected chi connectivity index (χ3v) is 2.99. The summed E-state index contributed by atoms with van der Waals surface area (Å²) in [5.41, 5.74) is 5.81. The van der Waals surface area contributed by atoms with Crippen LogP contribution >= 0.6 is 0 Å². The normalized spacial score (nSPS) is 16.3. The number of nitrogens with zero attached hydrogens (tertiary/aromatic N) is 2. The standard InChI is InChI=1S/C12H17N3O3/c1-17-12(16)9-7-14-10(13)11(15-9)18-8-5-3-2-4-6-8/h7-8H,2-6H2,1H3,(H2,13,14). The zero-order chi connectivity index (χ0) is 13.0. The van der Waals surface area contributed by atoms with Crippen molar-refractivity contribution in [3.05, 3.63) is 11.9 Å². The van der Waals surface area contributed by atoms with Gasteiger partial charge in [-0.2, -0.15) is 0 Å². The van der Waals surface area contributed by atoms with Gasteiger partial charge in [0.05, 0.1) is 13.3 Å². The summed E-state index contributed by atoms with van der Waals surface area (Å²) in [5, 5.41) is 0. The van der Waals surface area contributed by atoms with Gasteiger partial charge < -0.3 is 15.2 Å². The lowest BCUT2D eigenvalue weighted by Gasteiger charge is -2.22. The van der Waals surface area contributed by atoms with Crippen molar-refractivity contribution >= 4 is 11.8 Å². The molecule has 0 unspecified atom stereocenters. The van der Waals surface area contributed by atoms with Crippen LogP contribution in [0.15, 0.2) is 6.20 Å². The zero-order valence-corrected chi connectivity index (χ0v) is 10.4. The molecule has 0 aliphatic heterocycles. The summed E-state index contributed by atoms with van der Waals surface area (Å²) in [5.74, 6) is -0.117. The number of anilines is 1. The number of methoxy groups -OCH3 is 1. The van der Waals surface area contributed by atoms with Crippen LogP contribution in [0.5, 0.6) is 5.88 Å². The van der Waals surface area contributed by atoms with Crippen LogP contribution in [0.3, 0.4) is 0 Å². The predicted molar refractivity (Wildman–Crippen MR) is 65.3 cm³/mol. The lowest BCUT2D eigenvalue weighted by Crippen LogP contribution is -2.21. The lowest BCUT2D eigenvalue weighted by molar-refractivity contribution is 0.0590. The summed E-state index contributed by atoms with van der Waals surface area (Å²) in [4.78, 5) is 19.3. The molecule has 1 aromatic rings. The Hall–Kier alpha value is -1.85. The summed E-state index contributed by atoms with van der Waals surface area (Å²) in [7, 11) is 1.29. The van der Waals surface area contributed by atoms with E-state index >= 15 is 0 Å². The molecule has 1 aliphatic carbocycles. The fraction of sp³-hybridized carbons (Fsp3) is 0.583. The predicted octanol–water partition coefficient (Wildman–Crippen LogP) is 1.56.